The van der Waals surface area contributed by atoms with Crippen LogP contribution in [0.5, 0.6) is 5.75 Å². The van der Waals surface area contributed by atoms with Gasteiger partial charge in [-0.05, 0) is 55.0 Å². The molecule has 3 aromatic rings. The average Bonchev–Trinajstić information content (AvgIpc) is 3.40. The minimum Gasteiger partial charge on any atom is -0.488 e. The SMILES string of the molecule is CC(=O)c1ccccc1-c1ccc2c(c1)CC(CNC(=O)c1noc3c1CCCC3)O2. The second-order valence-electron chi connectivity index (χ2n) is 8.22. The van der Waals surface area contributed by atoms with E-state index in [0.717, 1.165) is 59.4 Å². The highest BCUT2D eigenvalue weighted by atomic mass is 16.5. The quantitative estimate of drug-likeness (QED) is 0.632. The van der Waals surface area contributed by atoms with Gasteiger partial charge in [-0.3, -0.25) is 9.59 Å². The Balaban J connectivity index is 1.27. The van der Waals surface area contributed by atoms with Crippen molar-refractivity contribution < 1.29 is 18.8 Å². The van der Waals surface area contributed by atoms with Crippen molar-refractivity contribution in [2.75, 3.05) is 6.54 Å². The molecule has 6 nitrogen and oxygen atoms in total. The van der Waals surface area contributed by atoms with Crippen LogP contribution in [-0.4, -0.2) is 29.5 Å². The van der Waals surface area contributed by atoms with E-state index in [2.05, 4.69) is 16.5 Å². The lowest BCUT2D eigenvalue weighted by atomic mass is 9.95. The first-order valence-electron chi connectivity index (χ1n) is 10.8. The minimum absolute atomic E-state index is 0.0444. The van der Waals surface area contributed by atoms with Crippen LogP contribution in [0.25, 0.3) is 11.1 Å². The molecule has 158 valence electrons. The first-order chi connectivity index (χ1) is 15.1. The van der Waals surface area contributed by atoms with Crippen LogP contribution in [0.2, 0.25) is 0 Å². The van der Waals surface area contributed by atoms with Crippen molar-refractivity contribution in [1.82, 2.24) is 10.5 Å². The number of nitrogens with zero attached hydrogens (tertiary/aromatic N) is 1. The molecule has 2 heterocycles. The molecule has 0 spiro atoms. The normalized spacial score (nSPS) is 16.9. The Morgan fingerprint density at radius 2 is 1.97 bits per heavy atom. The average molecular weight is 416 g/mol. The number of carbonyl (C=O) groups excluding carboxylic acids is 2. The Morgan fingerprint density at radius 3 is 2.84 bits per heavy atom. The monoisotopic (exact) mass is 416 g/mol. The second kappa shape index (κ2) is 8.02. The third-order valence-electron chi connectivity index (χ3n) is 6.07. The number of aryl methyl sites for hydroxylation is 1. The molecule has 2 aliphatic rings. The lowest BCUT2D eigenvalue weighted by Crippen LogP contribution is -2.35. The fourth-order valence-electron chi connectivity index (χ4n) is 4.50. The molecule has 0 saturated heterocycles. The summed E-state index contributed by atoms with van der Waals surface area (Å²) in [5.74, 6) is 1.51. The molecule has 1 unspecified atom stereocenters. The van der Waals surface area contributed by atoms with Crippen LogP contribution in [0.15, 0.2) is 47.0 Å². The zero-order valence-electron chi connectivity index (χ0n) is 17.4. The number of aromatic nitrogens is 1. The number of carbonyl (C=O) groups is 2. The van der Waals surface area contributed by atoms with Crippen molar-refractivity contribution >= 4 is 11.7 Å². The predicted octanol–water partition coefficient (Wildman–Crippen LogP) is 4.16. The summed E-state index contributed by atoms with van der Waals surface area (Å²) in [6.45, 7) is 1.98. The second-order valence-corrected chi connectivity index (χ2v) is 8.22. The third kappa shape index (κ3) is 3.74. The highest BCUT2D eigenvalue weighted by Crippen LogP contribution is 2.34. The van der Waals surface area contributed by atoms with Gasteiger partial charge in [-0.25, -0.2) is 0 Å². The van der Waals surface area contributed by atoms with E-state index in [1.165, 1.54) is 0 Å². The molecule has 1 atom stereocenters. The molecular formula is C25H24N2O4. The molecule has 1 N–H and O–H groups in total. The summed E-state index contributed by atoms with van der Waals surface area (Å²) in [6, 6.07) is 13.6. The van der Waals surface area contributed by atoms with Crippen LogP contribution in [0.1, 0.15) is 57.5 Å². The Hall–Kier alpha value is -3.41. The Kier molecular flexibility index (Phi) is 5.06. The van der Waals surface area contributed by atoms with Crippen LogP contribution >= 0.6 is 0 Å². The van der Waals surface area contributed by atoms with Gasteiger partial charge in [-0.1, -0.05) is 35.5 Å². The van der Waals surface area contributed by atoms with E-state index < -0.39 is 0 Å². The van der Waals surface area contributed by atoms with Crippen LogP contribution in [-0.2, 0) is 19.3 Å². The van der Waals surface area contributed by atoms with Gasteiger partial charge in [-0.2, -0.15) is 0 Å². The van der Waals surface area contributed by atoms with Gasteiger partial charge in [0.1, 0.15) is 17.6 Å². The lowest BCUT2D eigenvalue weighted by molar-refractivity contribution is 0.0923. The zero-order valence-corrected chi connectivity index (χ0v) is 17.4. The summed E-state index contributed by atoms with van der Waals surface area (Å²) < 4.78 is 11.4. The largest absolute Gasteiger partial charge is 0.488 e. The fourth-order valence-corrected chi connectivity index (χ4v) is 4.50. The molecule has 1 aromatic heterocycles. The molecular weight excluding hydrogens is 392 g/mol. The maximum atomic E-state index is 12.6. The van der Waals surface area contributed by atoms with Crippen molar-refractivity contribution in [1.29, 1.82) is 0 Å². The number of hydrogen-bond acceptors (Lipinski definition) is 5. The van der Waals surface area contributed by atoms with E-state index in [0.29, 0.717) is 24.2 Å². The van der Waals surface area contributed by atoms with E-state index in [1.807, 2.05) is 36.4 Å². The Morgan fingerprint density at radius 1 is 1.13 bits per heavy atom. The predicted molar refractivity (Wildman–Crippen MR) is 115 cm³/mol. The molecule has 5 rings (SSSR count). The smallest absolute Gasteiger partial charge is 0.273 e. The molecule has 0 saturated carbocycles. The number of ether oxygens (including phenoxy) is 1. The Bertz CT molecular complexity index is 1160. The number of ketones is 1. The first-order valence-corrected chi connectivity index (χ1v) is 10.8. The molecule has 1 aliphatic carbocycles. The fraction of sp³-hybridized carbons (Fsp3) is 0.320. The number of Topliss-reactive ketones (excluding diaryl/α,β-unsaturated/α-hetero) is 1. The summed E-state index contributed by atoms with van der Waals surface area (Å²) in [4.78, 5) is 24.6. The van der Waals surface area contributed by atoms with E-state index in [-0.39, 0.29) is 17.8 Å². The van der Waals surface area contributed by atoms with Crippen LogP contribution < -0.4 is 10.1 Å². The molecule has 0 bridgehead atoms. The highest BCUT2D eigenvalue weighted by molar-refractivity contribution is 6.00. The van der Waals surface area contributed by atoms with Crippen LogP contribution in [0.3, 0.4) is 0 Å². The topological polar surface area (TPSA) is 81.4 Å². The van der Waals surface area contributed by atoms with Crippen molar-refractivity contribution in [3.8, 4) is 16.9 Å². The number of nitrogens with one attached hydrogen (secondary N) is 1. The Labute approximate surface area is 180 Å². The van der Waals surface area contributed by atoms with Gasteiger partial charge in [0, 0.05) is 24.0 Å². The van der Waals surface area contributed by atoms with Gasteiger partial charge in [-0.15, -0.1) is 0 Å². The highest BCUT2D eigenvalue weighted by Gasteiger charge is 2.27. The van der Waals surface area contributed by atoms with E-state index in [1.54, 1.807) is 6.92 Å². The van der Waals surface area contributed by atoms with Crippen LogP contribution in [0, 0.1) is 0 Å². The number of benzene rings is 2. The molecule has 6 heteroatoms. The van der Waals surface area contributed by atoms with Gasteiger partial charge in [0.05, 0.1) is 6.54 Å². The molecule has 1 aliphatic heterocycles. The van der Waals surface area contributed by atoms with Crippen molar-refractivity contribution in [2.45, 2.75) is 45.1 Å². The summed E-state index contributed by atoms with van der Waals surface area (Å²) in [5.41, 5.74) is 5.06. The van der Waals surface area contributed by atoms with E-state index in [4.69, 9.17) is 9.26 Å². The van der Waals surface area contributed by atoms with Gasteiger partial charge in [0.2, 0.25) is 0 Å². The summed E-state index contributed by atoms with van der Waals surface area (Å²) in [5, 5.41) is 6.95. The first kappa shape index (κ1) is 19.5. The maximum absolute atomic E-state index is 12.6. The number of rotatable bonds is 5. The molecule has 2 aromatic carbocycles. The van der Waals surface area contributed by atoms with Crippen LogP contribution in [0.4, 0.5) is 0 Å². The number of hydrogen-bond donors (Lipinski definition) is 1. The van der Waals surface area contributed by atoms with Crippen molar-refractivity contribution in [2.24, 2.45) is 0 Å². The maximum Gasteiger partial charge on any atom is 0.273 e. The third-order valence-corrected chi connectivity index (χ3v) is 6.07. The summed E-state index contributed by atoms with van der Waals surface area (Å²) in [7, 11) is 0. The number of amides is 1. The summed E-state index contributed by atoms with van der Waals surface area (Å²) >= 11 is 0. The zero-order chi connectivity index (χ0) is 21.4. The molecule has 0 radical (unpaired) electrons. The van der Waals surface area contributed by atoms with E-state index >= 15 is 0 Å². The van der Waals surface area contributed by atoms with Crippen molar-refractivity contribution in [3.63, 3.8) is 0 Å². The standard InChI is InChI=1S/C25H24N2O4/c1-15(28)19-6-2-3-7-20(19)16-10-11-22-17(12-16)13-18(30-22)14-26-25(29)24-21-8-4-5-9-23(21)31-27-24/h2-3,6-7,10-12,18H,4-5,8-9,13-14H2,1H3,(H,26,29). The van der Waals surface area contributed by atoms with Crippen molar-refractivity contribution in [3.05, 3.63) is 70.6 Å². The van der Waals surface area contributed by atoms with Gasteiger partial charge in [0.25, 0.3) is 5.91 Å². The van der Waals surface area contributed by atoms with E-state index in [9.17, 15) is 9.59 Å². The van der Waals surface area contributed by atoms with Gasteiger partial charge >= 0.3 is 0 Å². The minimum atomic E-state index is -0.206. The van der Waals surface area contributed by atoms with Gasteiger partial charge in [0.15, 0.2) is 11.5 Å². The number of fused-ring (bicyclic) bond motifs is 2. The molecule has 31 heavy (non-hydrogen) atoms. The summed E-state index contributed by atoms with van der Waals surface area (Å²) in [6.07, 6.45) is 4.40. The molecule has 0 fully saturated rings. The lowest BCUT2D eigenvalue weighted by Gasteiger charge is -2.12. The van der Waals surface area contributed by atoms with Gasteiger partial charge < -0.3 is 14.6 Å². The molecule has 1 amide bonds.